The van der Waals surface area contributed by atoms with E-state index in [4.69, 9.17) is 39.5 Å². The number of hydrogen-bond donors (Lipinski definition) is 1. The minimum Gasteiger partial charge on any atom is -0.461 e. The number of aromatic amines is 1. The molecule has 1 atom stereocenters. The second-order valence-corrected chi connectivity index (χ2v) is 8.20. The number of carbonyl (C=O) groups excluding carboxylic acids is 1. The molecule has 0 aliphatic heterocycles. The van der Waals surface area contributed by atoms with Crippen molar-refractivity contribution in [1.82, 2.24) is 14.8 Å². The van der Waals surface area contributed by atoms with Gasteiger partial charge in [0, 0.05) is 20.6 Å². The van der Waals surface area contributed by atoms with Crippen LogP contribution in [0.4, 0.5) is 0 Å². The van der Waals surface area contributed by atoms with E-state index in [-0.39, 0.29) is 22.3 Å². The van der Waals surface area contributed by atoms with Crippen LogP contribution in [0.3, 0.4) is 0 Å². The standard InChI is InChI=1S/C22H17Cl3N4O4/c1-2-3-8-33-21(31)19-20(30)27-22(32)29(28-19)14-9-16(24)18(17(25)10-14)15(11-26)12-4-6-13(23)7-5-12/h4-7,9-10,15H,2-3,8H2,1H3,(H,27,30,32). The second kappa shape index (κ2) is 10.7. The number of esters is 1. The number of nitrogens with zero attached hydrogens (tertiary/aromatic N) is 3. The summed E-state index contributed by atoms with van der Waals surface area (Å²) in [5, 5.41) is 14.3. The third-order valence-electron chi connectivity index (χ3n) is 4.68. The molecule has 0 aliphatic carbocycles. The predicted molar refractivity (Wildman–Crippen MR) is 125 cm³/mol. The second-order valence-electron chi connectivity index (χ2n) is 6.95. The minimum absolute atomic E-state index is 0.0883. The number of nitriles is 1. The van der Waals surface area contributed by atoms with Gasteiger partial charge in [-0.15, -0.1) is 0 Å². The van der Waals surface area contributed by atoms with Crippen LogP contribution in [-0.2, 0) is 4.74 Å². The number of rotatable bonds is 7. The molecule has 1 unspecified atom stereocenters. The fraction of sp³-hybridized carbons (Fsp3) is 0.227. The average Bonchev–Trinajstić information content (AvgIpc) is 2.77. The Morgan fingerprint density at radius 1 is 1.18 bits per heavy atom. The molecule has 0 aliphatic rings. The van der Waals surface area contributed by atoms with Gasteiger partial charge in [-0.3, -0.25) is 9.78 Å². The van der Waals surface area contributed by atoms with E-state index in [2.05, 4.69) is 11.2 Å². The smallest absolute Gasteiger partial charge is 0.364 e. The molecule has 3 aromatic rings. The Balaban J connectivity index is 2.05. The number of ether oxygens (including phenoxy) is 1. The van der Waals surface area contributed by atoms with Gasteiger partial charge < -0.3 is 4.74 Å². The van der Waals surface area contributed by atoms with Crippen molar-refractivity contribution in [1.29, 1.82) is 5.26 Å². The number of hydrogen-bond acceptors (Lipinski definition) is 6. The Bertz CT molecular complexity index is 1320. The highest BCUT2D eigenvalue weighted by atomic mass is 35.5. The lowest BCUT2D eigenvalue weighted by Crippen LogP contribution is -2.36. The Labute approximate surface area is 203 Å². The maximum absolute atomic E-state index is 12.4. The van der Waals surface area contributed by atoms with Gasteiger partial charge in [-0.1, -0.05) is 60.3 Å². The first kappa shape index (κ1) is 24.5. The van der Waals surface area contributed by atoms with Crippen molar-refractivity contribution in [3.63, 3.8) is 0 Å². The van der Waals surface area contributed by atoms with Gasteiger partial charge in [-0.05, 0) is 36.2 Å². The molecule has 8 nitrogen and oxygen atoms in total. The van der Waals surface area contributed by atoms with E-state index in [1.54, 1.807) is 24.3 Å². The van der Waals surface area contributed by atoms with Crippen LogP contribution in [-0.4, -0.2) is 27.3 Å². The van der Waals surface area contributed by atoms with Crippen molar-refractivity contribution in [3.05, 3.63) is 89.1 Å². The number of H-pyrrole nitrogens is 1. The monoisotopic (exact) mass is 506 g/mol. The van der Waals surface area contributed by atoms with Crippen LogP contribution in [0.25, 0.3) is 5.69 Å². The zero-order valence-electron chi connectivity index (χ0n) is 17.3. The summed E-state index contributed by atoms with van der Waals surface area (Å²) in [6, 6.07) is 11.5. The van der Waals surface area contributed by atoms with Crippen molar-refractivity contribution in [2.45, 2.75) is 25.7 Å². The largest absolute Gasteiger partial charge is 0.461 e. The zero-order chi connectivity index (χ0) is 24.1. The van der Waals surface area contributed by atoms with E-state index < -0.39 is 28.8 Å². The van der Waals surface area contributed by atoms with Crippen molar-refractivity contribution >= 4 is 40.8 Å². The number of carbonyl (C=O) groups is 1. The van der Waals surface area contributed by atoms with Gasteiger partial charge in [0.1, 0.15) is 0 Å². The number of benzene rings is 2. The molecule has 1 heterocycles. The van der Waals surface area contributed by atoms with Crippen molar-refractivity contribution in [3.8, 4) is 11.8 Å². The third kappa shape index (κ3) is 5.45. The summed E-state index contributed by atoms with van der Waals surface area (Å²) in [6.45, 7) is 2.03. The van der Waals surface area contributed by atoms with Crippen LogP contribution in [0, 0.1) is 11.3 Å². The van der Waals surface area contributed by atoms with Gasteiger partial charge in [0.15, 0.2) is 0 Å². The van der Waals surface area contributed by atoms with Crippen molar-refractivity contribution in [2.75, 3.05) is 6.61 Å². The summed E-state index contributed by atoms with van der Waals surface area (Å²) < 4.78 is 5.80. The summed E-state index contributed by atoms with van der Waals surface area (Å²) in [6.07, 6.45) is 1.41. The van der Waals surface area contributed by atoms with Crippen molar-refractivity contribution < 1.29 is 9.53 Å². The van der Waals surface area contributed by atoms with Crippen LogP contribution in [0.2, 0.25) is 15.1 Å². The van der Waals surface area contributed by atoms with E-state index in [0.717, 1.165) is 11.1 Å². The Morgan fingerprint density at radius 3 is 2.39 bits per heavy atom. The highest BCUT2D eigenvalue weighted by Crippen LogP contribution is 2.37. The maximum atomic E-state index is 12.4. The van der Waals surface area contributed by atoms with E-state index in [1.807, 2.05) is 11.9 Å². The number of unbranched alkanes of at least 4 members (excludes halogenated alkanes) is 1. The predicted octanol–water partition coefficient (Wildman–Crippen LogP) is 4.49. The quantitative estimate of drug-likeness (QED) is 0.372. The number of aromatic nitrogens is 3. The normalized spacial score (nSPS) is 11.6. The van der Waals surface area contributed by atoms with E-state index in [1.165, 1.54) is 12.1 Å². The number of nitrogens with one attached hydrogen (secondary N) is 1. The lowest BCUT2D eigenvalue weighted by molar-refractivity contribution is 0.0487. The van der Waals surface area contributed by atoms with E-state index in [0.29, 0.717) is 22.6 Å². The average molecular weight is 508 g/mol. The molecule has 0 spiro atoms. The topological polar surface area (TPSA) is 118 Å². The van der Waals surface area contributed by atoms with Gasteiger partial charge in [0.25, 0.3) is 5.56 Å². The molecule has 3 rings (SSSR count). The molecule has 1 aromatic heterocycles. The van der Waals surface area contributed by atoms with E-state index in [9.17, 15) is 19.6 Å². The van der Waals surface area contributed by atoms with Gasteiger partial charge in [-0.2, -0.15) is 15.0 Å². The Morgan fingerprint density at radius 2 is 1.82 bits per heavy atom. The molecule has 11 heteroatoms. The molecule has 0 radical (unpaired) electrons. The molecular weight excluding hydrogens is 491 g/mol. The molecule has 0 fully saturated rings. The number of halogens is 3. The lowest BCUT2D eigenvalue weighted by Gasteiger charge is -2.16. The molecule has 1 N–H and O–H groups in total. The summed E-state index contributed by atoms with van der Waals surface area (Å²) >= 11 is 18.8. The summed E-state index contributed by atoms with van der Waals surface area (Å²) in [4.78, 5) is 38.7. The maximum Gasteiger partial charge on any atom is 0.364 e. The van der Waals surface area contributed by atoms with Crippen LogP contribution in [0.15, 0.2) is 46.0 Å². The minimum atomic E-state index is -0.973. The third-order valence-corrected chi connectivity index (χ3v) is 5.56. The van der Waals surface area contributed by atoms with Crippen LogP contribution in [0.5, 0.6) is 0 Å². The van der Waals surface area contributed by atoms with Crippen LogP contribution < -0.4 is 11.2 Å². The molecule has 2 aromatic carbocycles. The van der Waals surface area contributed by atoms with Crippen molar-refractivity contribution in [2.24, 2.45) is 0 Å². The van der Waals surface area contributed by atoms with E-state index >= 15 is 0 Å². The van der Waals surface area contributed by atoms with Gasteiger partial charge in [0.05, 0.1) is 24.3 Å². The molecule has 170 valence electrons. The van der Waals surface area contributed by atoms with Gasteiger partial charge in [-0.25, -0.2) is 9.59 Å². The fourth-order valence-electron chi connectivity index (χ4n) is 3.02. The van der Waals surface area contributed by atoms with Gasteiger partial charge >= 0.3 is 11.7 Å². The van der Waals surface area contributed by atoms with Crippen LogP contribution >= 0.6 is 34.8 Å². The molecule has 0 saturated carbocycles. The summed E-state index contributed by atoms with van der Waals surface area (Å²) in [7, 11) is 0. The summed E-state index contributed by atoms with van der Waals surface area (Å²) in [5.74, 6) is -1.76. The first-order valence-corrected chi connectivity index (χ1v) is 10.9. The summed E-state index contributed by atoms with van der Waals surface area (Å²) in [5.41, 5.74) is -1.43. The Kier molecular flexibility index (Phi) is 7.92. The SMILES string of the molecule is CCCCOC(=O)c1nn(-c2cc(Cl)c(C(C#N)c3ccc(Cl)cc3)c(Cl)c2)c(=O)[nH]c1=O. The molecular formula is C22H17Cl3N4O4. The molecule has 33 heavy (non-hydrogen) atoms. The first-order valence-electron chi connectivity index (χ1n) is 9.82. The first-order chi connectivity index (χ1) is 15.8. The highest BCUT2D eigenvalue weighted by molar-refractivity contribution is 6.36. The molecule has 0 bridgehead atoms. The zero-order valence-corrected chi connectivity index (χ0v) is 19.5. The lowest BCUT2D eigenvalue weighted by atomic mass is 9.92. The van der Waals surface area contributed by atoms with Crippen LogP contribution in [0.1, 0.15) is 47.3 Å². The Hall–Kier alpha value is -3.12. The van der Waals surface area contributed by atoms with Gasteiger partial charge in [0.2, 0.25) is 5.69 Å². The fourth-order valence-corrected chi connectivity index (χ4v) is 3.84. The highest BCUT2D eigenvalue weighted by Gasteiger charge is 2.23. The molecule has 0 saturated heterocycles. The molecule has 0 amide bonds.